The Bertz CT molecular complexity index is 1440. The molecule has 3 heterocycles. The van der Waals surface area contributed by atoms with Crippen molar-refractivity contribution in [2.45, 2.75) is 179 Å². The van der Waals surface area contributed by atoms with Crippen molar-refractivity contribution in [2.75, 3.05) is 27.9 Å². The van der Waals surface area contributed by atoms with E-state index in [1.54, 1.807) is 27.9 Å². The summed E-state index contributed by atoms with van der Waals surface area (Å²) >= 11 is 0. The molecule has 1 aliphatic carbocycles. The zero-order valence-electron chi connectivity index (χ0n) is 36.2. The van der Waals surface area contributed by atoms with E-state index in [1.807, 2.05) is 32.9 Å². The molecule has 0 aromatic rings. The highest BCUT2D eigenvalue weighted by Gasteiger charge is 2.56. The fourth-order valence-corrected chi connectivity index (χ4v) is 9.76. The average molecular weight is 824 g/mol. The van der Waals surface area contributed by atoms with Crippen LogP contribution in [0.3, 0.4) is 0 Å². The summed E-state index contributed by atoms with van der Waals surface area (Å²) in [5.74, 6) is -6.41. The number of aliphatic hydroxyl groups excluding tert-OH is 4. The molecule has 16 atom stereocenters. The minimum Gasteiger partial charge on any atom is -0.456 e. The van der Waals surface area contributed by atoms with Crippen LogP contribution < -0.4 is 0 Å². The standard InChI is InChI=1S/C44H73NO13/c1-24-16-25(2)18-37(55-8)40-38(56-9)20-27(4)44(53,58-40)41(50)42(51)45-15-11-10-12-32(45)43(52)57-39(26(3)19-30-13-14-33(47)36(22-30)54-7)29(6)34(48)23-35(49)31(17-24)21-28(5)46/h17,19,25,27-34,36-41,46-48,50,53H,10-16,18,20-23H2,1-9H3/b24-17+,26-19+. The highest BCUT2D eigenvalue weighted by molar-refractivity contribution is 5.88. The molecule has 5 N–H and O–H groups in total. The van der Waals surface area contributed by atoms with Gasteiger partial charge in [0, 0.05) is 52.0 Å². The first-order valence-corrected chi connectivity index (χ1v) is 21.4. The number of amides is 1. The van der Waals surface area contributed by atoms with Gasteiger partial charge in [-0.2, -0.15) is 0 Å². The Morgan fingerprint density at radius 3 is 2.22 bits per heavy atom. The minimum absolute atomic E-state index is 0.0114. The van der Waals surface area contributed by atoms with Crippen molar-refractivity contribution in [3.63, 3.8) is 0 Å². The van der Waals surface area contributed by atoms with E-state index >= 15 is 0 Å². The number of rotatable bonds is 7. The van der Waals surface area contributed by atoms with Gasteiger partial charge in [-0.15, -0.1) is 0 Å². The third-order valence-electron chi connectivity index (χ3n) is 13.2. The molecule has 14 nitrogen and oxygen atoms in total. The zero-order valence-corrected chi connectivity index (χ0v) is 36.2. The number of allylic oxidation sites excluding steroid dienone is 3. The Morgan fingerprint density at radius 1 is 0.931 bits per heavy atom. The van der Waals surface area contributed by atoms with E-state index in [-0.39, 0.29) is 56.0 Å². The number of hydrogen-bond donors (Lipinski definition) is 5. The van der Waals surface area contributed by atoms with Gasteiger partial charge in [0.2, 0.25) is 5.79 Å². The molecule has 0 spiro atoms. The number of hydrogen-bond acceptors (Lipinski definition) is 13. The maximum Gasteiger partial charge on any atom is 0.329 e. The molecule has 3 fully saturated rings. The van der Waals surface area contributed by atoms with Crippen molar-refractivity contribution < 1.29 is 63.6 Å². The second-order valence-electron chi connectivity index (χ2n) is 18.0. The van der Waals surface area contributed by atoms with E-state index in [4.69, 9.17) is 23.7 Å². The number of methoxy groups -OCH3 is 3. The molecule has 3 aliphatic heterocycles. The summed E-state index contributed by atoms with van der Waals surface area (Å²) in [5.41, 5.74) is 1.55. The van der Waals surface area contributed by atoms with Crippen molar-refractivity contribution >= 4 is 17.7 Å². The lowest BCUT2D eigenvalue weighted by molar-refractivity contribution is -0.346. The summed E-state index contributed by atoms with van der Waals surface area (Å²) in [7, 11) is 4.63. The van der Waals surface area contributed by atoms with Crippen LogP contribution in [0.25, 0.3) is 0 Å². The molecule has 0 aromatic carbocycles. The van der Waals surface area contributed by atoms with Gasteiger partial charge in [-0.3, -0.25) is 9.59 Å². The number of ether oxygens (including phenoxy) is 5. The lowest BCUT2D eigenvalue weighted by Gasteiger charge is -2.49. The molecule has 2 saturated heterocycles. The van der Waals surface area contributed by atoms with Crippen LogP contribution in [0.5, 0.6) is 0 Å². The van der Waals surface area contributed by atoms with E-state index < -0.39 is 90.3 Å². The van der Waals surface area contributed by atoms with Crippen molar-refractivity contribution in [1.29, 1.82) is 0 Å². The third kappa shape index (κ3) is 11.8. The second kappa shape index (κ2) is 21.5. The van der Waals surface area contributed by atoms with Crippen molar-refractivity contribution in [1.82, 2.24) is 4.90 Å². The van der Waals surface area contributed by atoms with Gasteiger partial charge in [0.05, 0.1) is 36.6 Å². The summed E-state index contributed by atoms with van der Waals surface area (Å²) < 4.78 is 29.9. The SMILES string of the molecule is COC1CC(/C=C(\C)C2OC(=O)C3CCCCN3C(=O)C(O)C3(O)OC(C(OC)CC(C)C/C(C)=C/C(CC(C)O)C(=O)CC(O)C2C)C(OC)CC3C)CCC1O. The molecule has 14 heteroatoms. The van der Waals surface area contributed by atoms with E-state index in [0.29, 0.717) is 50.5 Å². The Labute approximate surface area is 345 Å². The van der Waals surface area contributed by atoms with Crippen LogP contribution in [-0.4, -0.2) is 143 Å². The van der Waals surface area contributed by atoms with Gasteiger partial charge in [-0.25, -0.2) is 4.79 Å². The van der Waals surface area contributed by atoms with E-state index in [2.05, 4.69) is 0 Å². The molecule has 1 saturated carbocycles. The summed E-state index contributed by atoms with van der Waals surface area (Å²) in [5, 5.41) is 56.5. The molecule has 1 amide bonds. The molecule has 0 radical (unpaired) electrons. The molecule has 332 valence electrons. The van der Waals surface area contributed by atoms with E-state index in [1.165, 1.54) is 19.1 Å². The van der Waals surface area contributed by atoms with Crippen molar-refractivity contribution in [3.8, 4) is 0 Å². The van der Waals surface area contributed by atoms with Gasteiger partial charge in [-0.1, -0.05) is 38.5 Å². The van der Waals surface area contributed by atoms with Crippen molar-refractivity contribution in [2.24, 2.45) is 29.6 Å². The van der Waals surface area contributed by atoms with Gasteiger partial charge >= 0.3 is 5.97 Å². The average Bonchev–Trinajstić information content (AvgIpc) is 3.18. The maximum absolute atomic E-state index is 14.4. The number of aliphatic hydroxyl groups is 5. The number of Topliss-reactive ketones (excluding diaryl/α,β-unsaturated/α-hetero) is 1. The first-order valence-electron chi connectivity index (χ1n) is 21.4. The first kappa shape index (κ1) is 48.4. The summed E-state index contributed by atoms with van der Waals surface area (Å²) in [6, 6.07) is -1.10. The van der Waals surface area contributed by atoms with Gasteiger partial charge in [0.1, 0.15) is 24.0 Å². The zero-order chi connectivity index (χ0) is 43.1. The summed E-state index contributed by atoms with van der Waals surface area (Å²) in [6.45, 7) is 10.9. The van der Waals surface area contributed by atoms with Crippen LogP contribution in [0.2, 0.25) is 0 Å². The predicted octanol–water partition coefficient (Wildman–Crippen LogP) is 3.63. The topological polar surface area (TPSA) is 202 Å². The number of carbonyl (C=O) groups excluding carboxylic acids is 3. The minimum atomic E-state index is -2.33. The molecule has 2 bridgehead atoms. The molecule has 16 unspecified atom stereocenters. The molecular weight excluding hydrogens is 750 g/mol. The first-order chi connectivity index (χ1) is 27.3. The monoisotopic (exact) mass is 824 g/mol. The molecule has 4 aliphatic rings. The number of cyclic esters (lactones) is 1. The lowest BCUT2D eigenvalue weighted by Crippen LogP contribution is -2.66. The van der Waals surface area contributed by atoms with Gasteiger partial charge < -0.3 is 54.1 Å². The molecule has 0 aromatic heterocycles. The van der Waals surface area contributed by atoms with E-state index in [0.717, 1.165) is 5.57 Å². The van der Waals surface area contributed by atoms with Crippen molar-refractivity contribution in [3.05, 3.63) is 23.3 Å². The number of esters is 1. The number of fused-ring (bicyclic) bond motifs is 3. The molecular formula is C44H73NO13. The Morgan fingerprint density at radius 2 is 1.59 bits per heavy atom. The van der Waals surface area contributed by atoms with Crippen LogP contribution in [0.4, 0.5) is 0 Å². The van der Waals surface area contributed by atoms with Gasteiger partial charge in [0.25, 0.3) is 5.91 Å². The molecule has 58 heavy (non-hydrogen) atoms. The second-order valence-corrected chi connectivity index (χ2v) is 18.0. The Hall–Kier alpha value is -2.27. The van der Waals surface area contributed by atoms with Crippen LogP contribution in [-0.2, 0) is 38.1 Å². The normalized spacial score (nSPS) is 42.4. The highest BCUT2D eigenvalue weighted by atomic mass is 16.7. The Balaban J connectivity index is 1.78. The maximum atomic E-state index is 14.4. The Kier molecular flexibility index (Phi) is 17.9. The van der Waals surface area contributed by atoms with Gasteiger partial charge in [-0.05, 0) is 102 Å². The largest absolute Gasteiger partial charge is 0.456 e. The third-order valence-corrected chi connectivity index (χ3v) is 13.2. The fourth-order valence-electron chi connectivity index (χ4n) is 9.76. The van der Waals surface area contributed by atoms with Crippen LogP contribution in [0.15, 0.2) is 23.3 Å². The molecule has 4 rings (SSSR count). The fraction of sp³-hybridized carbons (Fsp3) is 0.841. The predicted molar refractivity (Wildman–Crippen MR) is 215 cm³/mol. The van der Waals surface area contributed by atoms with Crippen LogP contribution in [0, 0.1) is 29.6 Å². The smallest absolute Gasteiger partial charge is 0.329 e. The lowest BCUT2D eigenvalue weighted by atomic mass is 9.81. The van der Waals surface area contributed by atoms with E-state index in [9.17, 15) is 39.9 Å². The number of ketones is 1. The summed E-state index contributed by atoms with van der Waals surface area (Å²) in [6.07, 6.45) is 0.133. The summed E-state index contributed by atoms with van der Waals surface area (Å²) in [4.78, 5) is 43.9. The van der Waals surface area contributed by atoms with Gasteiger partial charge in [0.15, 0.2) is 6.10 Å². The quantitative estimate of drug-likeness (QED) is 0.184. The van der Waals surface area contributed by atoms with Crippen LogP contribution >= 0.6 is 0 Å². The number of nitrogens with zero attached hydrogens (tertiary/aromatic N) is 1. The highest BCUT2D eigenvalue weighted by Crippen LogP contribution is 2.40. The number of piperidine rings is 1. The van der Waals surface area contributed by atoms with Crippen LogP contribution in [0.1, 0.15) is 112 Å². The number of carbonyl (C=O) groups is 3.